The van der Waals surface area contributed by atoms with Crippen molar-refractivity contribution in [2.75, 3.05) is 0 Å². The van der Waals surface area contributed by atoms with E-state index in [9.17, 15) is 22.8 Å². The van der Waals surface area contributed by atoms with Gasteiger partial charge in [-0.2, -0.15) is 0 Å². The van der Waals surface area contributed by atoms with Gasteiger partial charge in [0, 0.05) is 35.3 Å². The highest BCUT2D eigenvalue weighted by Crippen LogP contribution is 2.38. The van der Waals surface area contributed by atoms with E-state index in [1.165, 1.54) is 6.07 Å². The molecule has 0 bridgehead atoms. The van der Waals surface area contributed by atoms with E-state index in [-0.39, 0.29) is 47.4 Å². The standard InChI is InChI=1S/C20H19ClO5S/c1-2-5-16(22)20-17(23)10-12(11-18(20)24)13-8-9-19(27(21,25)26)15-7-4-3-6-14(13)15/h3-4,6-9,12,20H,2,5,10-11H2,1H3. The van der Waals surface area contributed by atoms with E-state index in [2.05, 4.69) is 0 Å². The average Bonchev–Trinajstić information content (AvgIpc) is 2.59. The van der Waals surface area contributed by atoms with Crippen molar-refractivity contribution in [3.63, 3.8) is 0 Å². The quantitative estimate of drug-likeness (QED) is 0.557. The molecule has 0 unspecified atom stereocenters. The number of hydrogen-bond acceptors (Lipinski definition) is 5. The van der Waals surface area contributed by atoms with Crippen LogP contribution in [0.25, 0.3) is 10.8 Å². The number of fused-ring (bicyclic) bond motifs is 1. The summed E-state index contributed by atoms with van der Waals surface area (Å²) < 4.78 is 23.7. The summed E-state index contributed by atoms with van der Waals surface area (Å²) in [4.78, 5) is 37.1. The Labute approximate surface area is 162 Å². The lowest BCUT2D eigenvalue weighted by molar-refractivity contribution is -0.142. The first-order chi connectivity index (χ1) is 12.7. The highest BCUT2D eigenvalue weighted by molar-refractivity contribution is 8.14. The van der Waals surface area contributed by atoms with E-state index in [1.54, 1.807) is 30.3 Å². The fourth-order valence-corrected chi connectivity index (χ4v) is 4.88. The van der Waals surface area contributed by atoms with E-state index < -0.39 is 15.0 Å². The zero-order chi connectivity index (χ0) is 19.8. The van der Waals surface area contributed by atoms with E-state index in [0.717, 1.165) is 5.56 Å². The maximum atomic E-state index is 12.5. The minimum Gasteiger partial charge on any atom is -0.298 e. The Morgan fingerprint density at radius 2 is 1.63 bits per heavy atom. The number of carbonyl (C=O) groups excluding carboxylic acids is 3. The van der Waals surface area contributed by atoms with Crippen molar-refractivity contribution in [3.05, 3.63) is 42.0 Å². The molecule has 3 rings (SSSR count). The highest BCUT2D eigenvalue weighted by atomic mass is 35.7. The van der Waals surface area contributed by atoms with Crippen LogP contribution in [0.4, 0.5) is 0 Å². The largest absolute Gasteiger partial charge is 0.298 e. The second-order valence-corrected chi connectivity index (χ2v) is 9.36. The van der Waals surface area contributed by atoms with Crippen molar-refractivity contribution in [1.82, 2.24) is 0 Å². The van der Waals surface area contributed by atoms with E-state index >= 15 is 0 Å². The average molecular weight is 407 g/mol. The molecule has 0 saturated heterocycles. The summed E-state index contributed by atoms with van der Waals surface area (Å²) >= 11 is 0. The van der Waals surface area contributed by atoms with Crippen LogP contribution >= 0.6 is 10.7 Å². The van der Waals surface area contributed by atoms with Gasteiger partial charge in [0.2, 0.25) is 0 Å². The van der Waals surface area contributed by atoms with Crippen LogP contribution in [0.15, 0.2) is 41.3 Å². The molecule has 1 saturated carbocycles. The maximum Gasteiger partial charge on any atom is 0.261 e. The Morgan fingerprint density at radius 3 is 2.19 bits per heavy atom. The Kier molecular flexibility index (Phi) is 5.49. The Hall–Kier alpha value is -2.05. The molecule has 2 aromatic rings. The molecule has 0 aromatic heterocycles. The molecule has 0 amide bonds. The molecule has 1 fully saturated rings. The van der Waals surface area contributed by atoms with Crippen molar-refractivity contribution in [1.29, 1.82) is 0 Å². The summed E-state index contributed by atoms with van der Waals surface area (Å²) in [6.07, 6.45) is 0.988. The fourth-order valence-electron chi connectivity index (χ4n) is 3.81. The second kappa shape index (κ2) is 7.52. The van der Waals surface area contributed by atoms with Crippen molar-refractivity contribution in [2.24, 2.45) is 5.92 Å². The molecular weight excluding hydrogens is 388 g/mol. The van der Waals surface area contributed by atoms with Crippen molar-refractivity contribution in [2.45, 2.75) is 43.4 Å². The first kappa shape index (κ1) is 19.7. The Morgan fingerprint density at radius 1 is 1.04 bits per heavy atom. The van der Waals surface area contributed by atoms with Crippen LogP contribution < -0.4 is 0 Å². The third-order valence-electron chi connectivity index (χ3n) is 4.98. The van der Waals surface area contributed by atoms with Crippen LogP contribution in [0, 0.1) is 5.92 Å². The first-order valence-corrected chi connectivity index (χ1v) is 11.1. The van der Waals surface area contributed by atoms with Crippen molar-refractivity contribution >= 4 is 47.9 Å². The Bertz CT molecular complexity index is 1020. The van der Waals surface area contributed by atoms with Gasteiger partial charge < -0.3 is 0 Å². The number of Topliss-reactive ketones (excluding diaryl/α,β-unsaturated/α-hetero) is 3. The van der Waals surface area contributed by atoms with Gasteiger partial charge in [-0.3, -0.25) is 14.4 Å². The van der Waals surface area contributed by atoms with Gasteiger partial charge in [0.15, 0.2) is 17.3 Å². The molecule has 5 nitrogen and oxygen atoms in total. The molecule has 2 aromatic carbocycles. The molecule has 0 aliphatic heterocycles. The lowest BCUT2D eigenvalue weighted by atomic mass is 9.74. The maximum absolute atomic E-state index is 12.5. The van der Waals surface area contributed by atoms with Crippen LogP contribution in [0.1, 0.15) is 44.1 Å². The lowest BCUT2D eigenvalue weighted by Crippen LogP contribution is -2.38. The monoisotopic (exact) mass is 406 g/mol. The molecule has 27 heavy (non-hydrogen) atoms. The molecule has 7 heteroatoms. The van der Waals surface area contributed by atoms with Crippen LogP contribution in [-0.2, 0) is 23.4 Å². The minimum atomic E-state index is -3.93. The number of ketones is 3. The van der Waals surface area contributed by atoms with Crippen molar-refractivity contribution < 1.29 is 22.8 Å². The third-order valence-corrected chi connectivity index (χ3v) is 6.36. The van der Waals surface area contributed by atoms with Gasteiger partial charge in [-0.05, 0) is 29.4 Å². The van der Waals surface area contributed by atoms with Gasteiger partial charge in [0.25, 0.3) is 9.05 Å². The molecule has 0 atom stereocenters. The van der Waals surface area contributed by atoms with Crippen LogP contribution in [0.2, 0.25) is 0 Å². The summed E-state index contributed by atoms with van der Waals surface area (Å²) in [6, 6.07) is 9.87. The summed E-state index contributed by atoms with van der Waals surface area (Å²) in [5, 5.41) is 1.09. The Balaban J connectivity index is 2.02. The van der Waals surface area contributed by atoms with E-state index in [0.29, 0.717) is 17.2 Å². The first-order valence-electron chi connectivity index (χ1n) is 8.78. The molecule has 1 aliphatic rings. The van der Waals surface area contributed by atoms with Crippen LogP contribution in [0.5, 0.6) is 0 Å². The predicted octanol–water partition coefficient (Wildman–Crippen LogP) is 3.77. The van der Waals surface area contributed by atoms with Gasteiger partial charge in [0.05, 0.1) is 4.90 Å². The smallest absolute Gasteiger partial charge is 0.261 e. The number of hydrogen-bond donors (Lipinski definition) is 0. The lowest BCUT2D eigenvalue weighted by Gasteiger charge is -2.27. The van der Waals surface area contributed by atoms with Gasteiger partial charge >= 0.3 is 0 Å². The number of carbonyl (C=O) groups is 3. The topological polar surface area (TPSA) is 85.3 Å². The van der Waals surface area contributed by atoms with Crippen LogP contribution in [-0.4, -0.2) is 25.8 Å². The minimum absolute atomic E-state index is 0.00650. The van der Waals surface area contributed by atoms with Gasteiger partial charge in [-0.25, -0.2) is 8.42 Å². The van der Waals surface area contributed by atoms with Crippen molar-refractivity contribution in [3.8, 4) is 0 Å². The molecule has 0 spiro atoms. The second-order valence-electron chi connectivity index (χ2n) is 6.82. The number of halogens is 1. The molecule has 0 N–H and O–H groups in total. The molecule has 142 valence electrons. The molecule has 0 heterocycles. The molecular formula is C20H19ClO5S. The summed E-state index contributed by atoms with van der Waals surface area (Å²) in [6.45, 7) is 1.83. The zero-order valence-corrected chi connectivity index (χ0v) is 16.3. The highest BCUT2D eigenvalue weighted by Gasteiger charge is 2.40. The van der Waals surface area contributed by atoms with Crippen LogP contribution in [0.3, 0.4) is 0 Å². The predicted molar refractivity (Wildman–Crippen MR) is 102 cm³/mol. The normalized spacial score (nSPS) is 20.8. The van der Waals surface area contributed by atoms with Gasteiger partial charge in [-0.15, -0.1) is 0 Å². The molecule has 0 radical (unpaired) electrons. The van der Waals surface area contributed by atoms with E-state index in [4.69, 9.17) is 10.7 Å². The van der Waals surface area contributed by atoms with E-state index in [1.807, 2.05) is 6.92 Å². The fraction of sp³-hybridized carbons (Fsp3) is 0.350. The summed E-state index contributed by atoms with van der Waals surface area (Å²) in [5.41, 5.74) is 0.720. The number of benzene rings is 2. The molecule has 1 aliphatic carbocycles. The zero-order valence-electron chi connectivity index (χ0n) is 14.8. The summed E-state index contributed by atoms with van der Waals surface area (Å²) in [7, 11) is 1.60. The number of rotatable bonds is 5. The SMILES string of the molecule is CCCC(=O)C1C(=O)CC(c2ccc(S(=O)(=O)Cl)c3ccccc23)CC1=O. The summed E-state index contributed by atoms with van der Waals surface area (Å²) in [5.74, 6) is -2.54. The van der Waals surface area contributed by atoms with Gasteiger partial charge in [0.1, 0.15) is 5.92 Å². The van der Waals surface area contributed by atoms with Gasteiger partial charge in [-0.1, -0.05) is 37.3 Å². The third kappa shape index (κ3) is 3.82.